The first-order valence-corrected chi connectivity index (χ1v) is 6.51. The molecule has 0 atom stereocenters. The predicted octanol–water partition coefficient (Wildman–Crippen LogP) is 2.08. The Bertz CT molecular complexity index is 810. The Morgan fingerprint density at radius 1 is 1.29 bits per heavy atom. The number of nitrogens with one attached hydrogen (secondary N) is 1. The Hall–Kier alpha value is -2.89. The van der Waals surface area contributed by atoms with E-state index in [0.717, 1.165) is 16.6 Å². The fourth-order valence-electron chi connectivity index (χ4n) is 2.11. The fraction of sp³-hybridized carbons (Fsp3) is 0.133. The summed E-state index contributed by atoms with van der Waals surface area (Å²) in [6.45, 7) is 1.90. The Morgan fingerprint density at radius 3 is 2.90 bits per heavy atom. The van der Waals surface area contributed by atoms with Gasteiger partial charge in [0.05, 0.1) is 11.2 Å². The summed E-state index contributed by atoms with van der Waals surface area (Å²) in [5.41, 5.74) is 2.84. The molecule has 0 unspecified atom stereocenters. The van der Waals surface area contributed by atoms with E-state index in [1.807, 2.05) is 37.3 Å². The SMILES string of the molecule is Cc1ccc(NC(=O)Cn2nnc3ccccc32)c(O)c1. The van der Waals surface area contributed by atoms with Gasteiger partial charge in [-0.15, -0.1) is 5.10 Å². The van der Waals surface area contributed by atoms with Crippen LogP contribution in [0, 0.1) is 6.92 Å². The van der Waals surface area contributed by atoms with E-state index in [1.165, 1.54) is 4.68 Å². The molecular weight excluding hydrogens is 268 g/mol. The van der Waals surface area contributed by atoms with Gasteiger partial charge in [-0.05, 0) is 36.8 Å². The molecule has 2 aromatic carbocycles. The molecule has 0 aliphatic carbocycles. The lowest BCUT2D eigenvalue weighted by Crippen LogP contribution is -2.19. The van der Waals surface area contributed by atoms with Crippen molar-refractivity contribution >= 4 is 22.6 Å². The van der Waals surface area contributed by atoms with Gasteiger partial charge in [0.2, 0.25) is 5.91 Å². The molecule has 1 heterocycles. The van der Waals surface area contributed by atoms with Crippen LogP contribution in [0.25, 0.3) is 11.0 Å². The quantitative estimate of drug-likeness (QED) is 0.721. The highest BCUT2D eigenvalue weighted by molar-refractivity contribution is 5.92. The molecule has 6 heteroatoms. The molecule has 1 amide bonds. The number of amides is 1. The summed E-state index contributed by atoms with van der Waals surface area (Å²) in [6.07, 6.45) is 0. The summed E-state index contributed by atoms with van der Waals surface area (Å²) >= 11 is 0. The van der Waals surface area contributed by atoms with Gasteiger partial charge in [0.25, 0.3) is 0 Å². The van der Waals surface area contributed by atoms with Crippen molar-refractivity contribution in [1.82, 2.24) is 15.0 Å². The average molecular weight is 282 g/mol. The Labute approximate surface area is 121 Å². The predicted molar refractivity (Wildman–Crippen MR) is 79.0 cm³/mol. The van der Waals surface area contributed by atoms with E-state index >= 15 is 0 Å². The summed E-state index contributed by atoms with van der Waals surface area (Å²) < 4.78 is 1.52. The van der Waals surface area contributed by atoms with E-state index in [2.05, 4.69) is 15.6 Å². The molecule has 6 nitrogen and oxygen atoms in total. The number of phenolic OH excluding ortho intramolecular Hbond substituents is 1. The molecule has 0 saturated carbocycles. The van der Waals surface area contributed by atoms with E-state index in [9.17, 15) is 9.90 Å². The molecule has 106 valence electrons. The van der Waals surface area contributed by atoms with E-state index < -0.39 is 0 Å². The van der Waals surface area contributed by atoms with Crippen LogP contribution in [0.2, 0.25) is 0 Å². The maximum absolute atomic E-state index is 12.0. The van der Waals surface area contributed by atoms with Gasteiger partial charge < -0.3 is 10.4 Å². The minimum absolute atomic E-state index is 0.0355. The molecule has 1 aromatic heterocycles. The standard InChI is InChI=1S/C15H14N4O2/c1-10-6-7-12(14(20)8-10)16-15(21)9-19-13-5-3-2-4-11(13)17-18-19/h2-8,20H,9H2,1H3,(H,16,21). The Morgan fingerprint density at radius 2 is 2.10 bits per heavy atom. The summed E-state index contributed by atoms with van der Waals surface area (Å²) in [4.78, 5) is 12.0. The van der Waals surface area contributed by atoms with Crippen molar-refractivity contribution in [3.63, 3.8) is 0 Å². The van der Waals surface area contributed by atoms with Gasteiger partial charge in [-0.2, -0.15) is 0 Å². The fourth-order valence-corrected chi connectivity index (χ4v) is 2.11. The number of nitrogens with zero attached hydrogens (tertiary/aromatic N) is 3. The number of anilines is 1. The van der Waals surface area contributed by atoms with Gasteiger partial charge in [0.1, 0.15) is 17.8 Å². The summed E-state index contributed by atoms with van der Waals surface area (Å²) in [7, 11) is 0. The number of benzene rings is 2. The van der Waals surface area contributed by atoms with Crippen molar-refractivity contribution in [2.24, 2.45) is 0 Å². The molecule has 0 radical (unpaired) electrons. The molecule has 3 rings (SSSR count). The van der Waals surface area contributed by atoms with Crippen LogP contribution in [-0.2, 0) is 11.3 Å². The smallest absolute Gasteiger partial charge is 0.246 e. The lowest BCUT2D eigenvalue weighted by molar-refractivity contribution is -0.116. The van der Waals surface area contributed by atoms with Crippen molar-refractivity contribution in [2.75, 3.05) is 5.32 Å². The number of aromatic hydroxyl groups is 1. The van der Waals surface area contributed by atoms with E-state index in [-0.39, 0.29) is 18.2 Å². The monoisotopic (exact) mass is 282 g/mol. The molecule has 21 heavy (non-hydrogen) atoms. The van der Waals surface area contributed by atoms with Crippen LogP contribution in [0.4, 0.5) is 5.69 Å². The summed E-state index contributed by atoms with van der Waals surface area (Å²) in [5.74, 6) is -0.225. The van der Waals surface area contributed by atoms with Crippen molar-refractivity contribution in [2.45, 2.75) is 13.5 Å². The Balaban J connectivity index is 1.77. The number of fused-ring (bicyclic) bond motifs is 1. The molecule has 0 bridgehead atoms. The average Bonchev–Trinajstić information content (AvgIpc) is 2.85. The number of hydrogen-bond donors (Lipinski definition) is 2. The van der Waals surface area contributed by atoms with Gasteiger partial charge >= 0.3 is 0 Å². The highest BCUT2D eigenvalue weighted by Crippen LogP contribution is 2.23. The largest absolute Gasteiger partial charge is 0.506 e. The van der Waals surface area contributed by atoms with Crippen LogP contribution < -0.4 is 5.32 Å². The third-order valence-corrected chi connectivity index (χ3v) is 3.14. The zero-order valence-electron chi connectivity index (χ0n) is 11.4. The highest BCUT2D eigenvalue weighted by Gasteiger charge is 2.10. The maximum atomic E-state index is 12.0. The van der Waals surface area contributed by atoms with Gasteiger partial charge in [-0.1, -0.05) is 23.4 Å². The molecule has 0 fully saturated rings. The molecule has 3 aromatic rings. The zero-order valence-corrected chi connectivity index (χ0v) is 11.4. The number of carbonyl (C=O) groups is 1. The first-order chi connectivity index (χ1) is 10.1. The molecular formula is C15H14N4O2. The number of carbonyl (C=O) groups excluding carboxylic acids is 1. The van der Waals surface area contributed by atoms with Crippen molar-refractivity contribution in [3.8, 4) is 5.75 Å². The lowest BCUT2D eigenvalue weighted by Gasteiger charge is -2.08. The number of phenols is 1. The van der Waals surface area contributed by atoms with Crippen LogP contribution in [0.15, 0.2) is 42.5 Å². The van der Waals surface area contributed by atoms with Gasteiger partial charge in [-0.25, -0.2) is 4.68 Å². The minimum Gasteiger partial charge on any atom is -0.506 e. The molecule has 0 aliphatic heterocycles. The number of para-hydroxylation sites is 1. The van der Waals surface area contributed by atoms with Crippen molar-refractivity contribution in [3.05, 3.63) is 48.0 Å². The zero-order chi connectivity index (χ0) is 14.8. The van der Waals surface area contributed by atoms with Crippen molar-refractivity contribution in [1.29, 1.82) is 0 Å². The second-order valence-electron chi connectivity index (χ2n) is 4.80. The lowest BCUT2D eigenvalue weighted by atomic mass is 10.2. The number of aryl methyl sites for hydroxylation is 1. The Kier molecular flexibility index (Phi) is 3.27. The first kappa shape index (κ1) is 13.1. The third kappa shape index (κ3) is 2.69. The van der Waals surface area contributed by atoms with E-state index in [1.54, 1.807) is 12.1 Å². The second-order valence-corrected chi connectivity index (χ2v) is 4.80. The van der Waals surface area contributed by atoms with E-state index in [4.69, 9.17) is 0 Å². The van der Waals surface area contributed by atoms with E-state index in [0.29, 0.717) is 5.69 Å². The molecule has 2 N–H and O–H groups in total. The number of hydrogen-bond acceptors (Lipinski definition) is 4. The normalized spacial score (nSPS) is 10.7. The topological polar surface area (TPSA) is 80.0 Å². The van der Waals surface area contributed by atoms with Crippen LogP contribution in [-0.4, -0.2) is 26.0 Å². The second kappa shape index (κ2) is 5.24. The highest BCUT2D eigenvalue weighted by atomic mass is 16.3. The van der Waals surface area contributed by atoms with Crippen LogP contribution in [0.3, 0.4) is 0 Å². The summed E-state index contributed by atoms with van der Waals surface area (Å²) in [6, 6.07) is 12.5. The van der Waals surface area contributed by atoms with Gasteiger partial charge in [0, 0.05) is 0 Å². The van der Waals surface area contributed by atoms with Crippen LogP contribution >= 0.6 is 0 Å². The maximum Gasteiger partial charge on any atom is 0.246 e. The number of aromatic nitrogens is 3. The summed E-state index contributed by atoms with van der Waals surface area (Å²) in [5, 5.41) is 20.4. The van der Waals surface area contributed by atoms with Gasteiger partial charge in [0.15, 0.2) is 0 Å². The molecule has 0 aliphatic rings. The van der Waals surface area contributed by atoms with Crippen LogP contribution in [0.1, 0.15) is 5.56 Å². The molecule has 0 saturated heterocycles. The molecule has 0 spiro atoms. The first-order valence-electron chi connectivity index (χ1n) is 6.51. The number of rotatable bonds is 3. The van der Waals surface area contributed by atoms with Crippen molar-refractivity contribution < 1.29 is 9.90 Å². The third-order valence-electron chi connectivity index (χ3n) is 3.14. The van der Waals surface area contributed by atoms with Crippen LogP contribution in [0.5, 0.6) is 5.75 Å². The van der Waals surface area contributed by atoms with Gasteiger partial charge in [-0.3, -0.25) is 4.79 Å². The minimum atomic E-state index is -0.273.